The van der Waals surface area contributed by atoms with E-state index in [4.69, 9.17) is 15.7 Å². The number of hydrogen-bond donors (Lipinski definition) is 3. The first-order valence-corrected chi connectivity index (χ1v) is 6.63. The Morgan fingerprint density at radius 3 is 2.80 bits per heavy atom. The molecular weight excluding hydrogens is 258 g/mol. The molecule has 1 aliphatic rings. The van der Waals surface area contributed by atoms with Crippen molar-refractivity contribution in [2.45, 2.75) is 25.3 Å². The smallest absolute Gasteiger partial charge is 0.224 e. The second-order valence-electron chi connectivity index (χ2n) is 4.84. The van der Waals surface area contributed by atoms with Crippen molar-refractivity contribution in [3.05, 3.63) is 35.4 Å². The molecule has 0 bridgehead atoms. The molecule has 1 unspecified atom stereocenters. The molecule has 0 spiro atoms. The van der Waals surface area contributed by atoms with Gasteiger partial charge in [-0.25, -0.2) is 0 Å². The van der Waals surface area contributed by atoms with Crippen LogP contribution in [0.5, 0.6) is 0 Å². The summed E-state index contributed by atoms with van der Waals surface area (Å²) in [6, 6.07) is 7.16. The van der Waals surface area contributed by atoms with Crippen LogP contribution in [0.15, 0.2) is 29.4 Å². The number of oxime groups is 1. The summed E-state index contributed by atoms with van der Waals surface area (Å²) in [4.78, 5) is 11.9. The minimum Gasteiger partial charge on any atom is -0.409 e. The fraction of sp³-hybridized carbons (Fsp3) is 0.429. The van der Waals surface area contributed by atoms with Gasteiger partial charge in [0.15, 0.2) is 5.84 Å². The lowest BCUT2D eigenvalue weighted by atomic mass is 10.1. The summed E-state index contributed by atoms with van der Waals surface area (Å²) in [5, 5.41) is 14.5. The number of ether oxygens (including phenoxy) is 1. The van der Waals surface area contributed by atoms with E-state index in [2.05, 4.69) is 10.5 Å². The second kappa shape index (κ2) is 6.91. The van der Waals surface area contributed by atoms with E-state index in [0.717, 1.165) is 25.0 Å². The Balaban J connectivity index is 1.87. The third-order valence-electron chi connectivity index (χ3n) is 3.25. The molecular formula is C14H19N3O3. The van der Waals surface area contributed by atoms with E-state index in [1.165, 1.54) is 0 Å². The first kappa shape index (κ1) is 14.3. The zero-order valence-corrected chi connectivity index (χ0v) is 11.2. The maximum Gasteiger partial charge on any atom is 0.224 e. The molecule has 6 heteroatoms. The topological polar surface area (TPSA) is 96.9 Å². The number of rotatable bonds is 4. The Morgan fingerprint density at radius 1 is 1.45 bits per heavy atom. The molecule has 0 saturated carbocycles. The lowest BCUT2D eigenvalue weighted by Crippen LogP contribution is -2.41. The number of nitrogens with two attached hydrogens (primary N) is 1. The second-order valence-corrected chi connectivity index (χ2v) is 4.84. The molecule has 2 rings (SSSR count). The van der Waals surface area contributed by atoms with Gasteiger partial charge >= 0.3 is 0 Å². The number of amides is 1. The molecule has 6 nitrogen and oxygen atoms in total. The van der Waals surface area contributed by atoms with Crippen molar-refractivity contribution in [3.63, 3.8) is 0 Å². The lowest BCUT2D eigenvalue weighted by Gasteiger charge is -2.23. The van der Waals surface area contributed by atoms with Crippen molar-refractivity contribution in [1.29, 1.82) is 0 Å². The van der Waals surface area contributed by atoms with Crippen LogP contribution in [0.2, 0.25) is 0 Å². The summed E-state index contributed by atoms with van der Waals surface area (Å²) in [6.45, 7) is 1.37. The zero-order valence-electron chi connectivity index (χ0n) is 11.2. The molecule has 0 radical (unpaired) electrons. The Kier molecular flexibility index (Phi) is 4.95. The molecule has 1 aromatic rings. The Labute approximate surface area is 117 Å². The normalized spacial score (nSPS) is 19.6. The van der Waals surface area contributed by atoms with E-state index < -0.39 is 0 Å². The third-order valence-corrected chi connectivity index (χ3v) is 3.25. The van der Waals surface area contributed by atoms with Gasteiger partial charge in [0.2, 0.25) is 5.91 Å². The van der Waals surface area contributed by atoms with Crippen LogP contribution in [0.3, 0.4) is 0 Å². The quantitative estimate of drug-likeness (QED) is 0.325. The number of nitrogens with one attached hydrogen (secondary N) is 1. The van der Waals surface area contributed by atoms with Crippen molar-refractivity contribution in [3.8, 4) is 0 Å². The number of carbonyl (C=O) groups excluding carboxylic acids is 1. The molecule has 1 heterocycles. The number of benzene rings is 1. The maximum atomic E-state index is 11.9. The fourth-order valence-electron chi connectivity index (χ4n) is 2.17. The summed E-state index contributed by atoms with van der Waals surface area (Å²) < 4.78 is 5.32. The molecule has 1 aromatic carbocycles. The van der Waals surface area contributed by atoms with Gasteiger partial charge in [-0.3, -0.25) is 4.79 Å². The van der Waals surface area contributed by atoms with E-state index in [-0.39, 0.29) is 17.8 Å². The average Bonchev–Trinajstić information content (AvgIpc) is 2.48. The lowest BCUT2D eigenvalue weighted by molar-refractivity contribution is -0.122. The molecule has 0 aromatic heterocycles. The summed E-state index contributed by atoms with van der Waals surface area (Å²) in [5.41, 5.74) is 6.98. The van der Waals surface area contributed by atoms with Gasteiger partial charge in [0.05, 0.1) is 19.1 Å². The Morgan fingerprint density at radius 2 is 2.20 bits per heavy atom. The van der Waals surface area contributed by atoms with Crippen LogP contribution in [-0.4, -0.2) is 36.2 Å². The molecule has 1 amide bonds. The molecule has 4 N–H and O–H groups in total. The van der Waals surface area contributed by atoms with Crippen molar-refractivity contribution in [1.82, 2.24) is 5.32 Å². The van der Waals surface area contributed by atoms with E-state index in [9.17, 15) is 4.79 Å². The summed E-state index contributed by atoms with van der Waals surface area (Å²) in [7, 11) is 0. The molecule has 1 atom stereocenters. The van der Waals surface area contributed by atoms with Gasteiger partial charge in [0.1, 0.15) is 0 Å². The van der Waals surface area contributed by atoms with E-state index >= 15 is 0 Å². The van der Waals surface area contributed by atoms with E-state index in [1.54, 1.807) is 24.3 Å². The Bertz CT molecular complexity index is 479. The van der Waals surface area contributed by atoms with Crippen molar-refractivity contribution >= 4 is 11.7 Å². The zero-order chi connectivity index (χ0) is 14.4. The van der Waals surface area contributed by atoms with Gasteiger partial charge < -0.3 is 21.0 Å². The minimum absolute atomic E-state index is 0.0166. The first-order valence-electron chi connectivity index (χ1n) is 6.63. The predicted molar refractivity (Wildman–Crippen MR) is 74.6 cm³/mol. The van der Waals surface area contributed by atoms with Crippen LogP contribution in [0.1, 0.15) is 24.0 Å². The summed E-state index contributed by atoms with van der Waals surface area (Å²) in [6.07, 6.45) is 2.26. The molecule has 1 fully saturated rings. The van der Waals surface area contributed by atoms with Gasteiger partial charge in [-0.15, -0.1) is 0 Å². The number of carbonyl (C=O) groups is 1. The van der Waals surface area contributed by atoms with Gasteiger partial charge in [-0.2, -0.15) is 0 Å². The summed E-state index contributed by atoms with van der Waals surface area (Å²) in [5.74, 6) is 0.0393. The third kappa shape index (κ3) is 3.96. The molecule has 0 aliphatic carbocycles. The van der Waals surface area contributed by atoms with Crippen molar-refractivity contribution < 1.29 is 14.7 Å². The highest BCUT2D eigenvalue weighted by atomic mass is 16.5. The van der Waals surface area contributed by atoms with Gasteiger partial charge in [-0.05, 0) is 18.4 Å². The van der Waals surface area contributed by atoms with Gasteiger partial charge in [-0.1, -0.05) is 29.4 Å². The van der Waals surface area contributed by atoms with Crippen LogP contribution in [-0.2, 0) is 16.0 Å². The predicted octanol–water partition coefficient (Wildman–Crippen LogP) is 0.619. The fourth-order valence-corrected chi connectivity index (χ4v) is 2.17. The average molecular weight is 277 g/mol. The van der Waals surface area contributed by atoms with Crippen LogP contribution < -0.4 is 11.1 Å². The highest BCUT2D eigenvalue weighted by Crippen LogP contribution is 2.08. The van der Waals surface area contributed by atoms with Crippen LogP contribution in [0, 0.1) is 0 Å². The highest BCUT2D eigenvalue weighted by Gasteiger charge is 2.16. The van der Waals surface area contributed by atoms with Crippen LogP contribution >= 0.6 is 0 Å². The SMILES string of the molecule is NC(=NO)c1ccc(CC(=O)NC2CCCOC2)cc1. The largest absolute Gasteiger partial charge is 0.409 e. The standard InChI is InChI=1S/C14H19N3O3/c15-14(17-19)11-5-3-10(4-6-11)8-13(18)16-12-2-1-7-20-9-12/h3-6,12,19H,1-2,7-9H2,(H2,15,17)(H,16,18). The molecule has 20 heavy (non-hydrogen) atoms. The number of hydrogen-bond acceptors (Lipinski definition) is 4. The van der Waals surface area contributed by atoms with Gasteiger partial charge in [0.25, 0.3) is 0 Å². The molecule has 1 aliphatic heterocycles. The molecule has 1 saturated heterocycles. The van der Waals surface area contributed by atoms with E-state index in [0.29, 0.717) is 18.6 Å². The van der Waals surface area contributed by atoms with Crippen molar-refractivity contribution in [2.24, 2.45) is 10.9 Å². The highest BCUT2D eigenvalue weighted by molar-refractivity contribution is 5.97. The van der Waals surface area contributed by atoms with Gasteiger partial charge in [0, 0.05) is 12.2 Å². The van der Waals surface area contributed by atoms with Crippen molar-refractivity contribution in [2.75, 3.05) is 13.2 Å². The first-order chi connectivity index (χ1) is 9.69. The summed E-state index contributed by atoms with van der Waals surface area (Å²) >= 11 is 0. The monoisotopic (exact) mass is 277 g/mol. The van der Waals surface area contributed by atoms with Crippen LogP contribution in [0.4, 0.5) is 0 Å². The molecule has 108 valence electrons. The number of amidine groups is 1. The minimum atomic E-state index is -0.0166. The van der Waals surface area contributed by atoms with E-state index in [1.807, 2.05) is 0 Å². The maximum absolute atomic E-state index is 11.9. The number of nitrogens with zero attached hydrogens (tertiary/aromatic N) is 1. The Hall–Kier alpha value is -2.08. The van der Waals surface area contributed by atoms with Crippen LogP contribution in [0.25, 0.3) is 0 Å².